The molecule has 0 saturated heterocycles. The molecule has 0 radical (unpaired) electrons. The third kappa shape index (κ3) is 4.91. The molecule has 2 aromatic heterocycles. The summed E-state index contributed by atoms with van der Waals surface area (Å²) in [7, 11) is 1.48. The molecule has 154 valence electrons. The van der Waals surface area contributed by atoms with Crippen LogP contribution in [0.25, 0.3) is 5.57 Å². The number of hydrogen-bond donors (Lipinski definition) is 0. The van der Waals surface area contributed by atoms with Crippen molar-refractivity contribution < 1.29 is 9.53 Å². The lowest BCUT2D eigenvalue weighted by molar-refractivity contribution is 0.0606. The van der Waals surface area contributed by atoms with Crippen molar-refractivity contribution in [2.45, 2.75) is 45.1 Å². The molecule has 6 heteroatoms. The van der Waals surface area contributed by atoms with Crippen LogP contribution in [0.4, 0.5) is 0 Å². The number of aromatic nitrogens is 1. The Balaban J connectivity index is 1.68. The minimum absolute atomic E-state index is 0.209. The second-order valence-corrected chi connectivity index (χ2v) is 10.9. The van der Waals surface area contributed by atoms with Gasteiger partial charge >= 0.3 is 5.97 Å². The quantitative estimate of drug-likeness (QED) is 0.369. The van der Waals surface area contributed by atoms with Crippen LogP contribution in [0.3, 0.4) is 0 Å². The molecule has 1 saturated carbocycles. The number of pyridine rings is 1. The topological polar surface area (TPSA) is 42.4 Å². The molecule has 4 nitrogen and oxygen atoms in total. The van der Waals surface area contributed by atoms with Crippen molar-refractivity contribution in [2.75, 3.05) is 20.2 Å². The van der Waals surface area contributed by atoms with Crippen LogP contribution < -0.4 is 0 Å². The van der Waals surface area contributed by atoms with Crippen molar-refractivity contribution in [3.05, 3.63) is 55.1 Å². The minimum atomic E-state index is -0.209. The summed E-state index contributed by atoms with van der Waals surface area (Å²) in [6, 6.07) is 8.32. The van der Waals surface area contributed by atoms with Crippen molar-refractivity contribution >= 4 is 45.5 Å². The number of ether oxygens (including phenoxy) is 1. The van der Waals surface area contributed by atoms with Gasteiger partial charge in [-0.1, -0.05) is 25.3 Å². The molecule has 2 aliphatic rings. The summed E-state index contributed by atoms with van der Waals surface area (Å²) in [5.74, 6) is 0.424. The number of rotatable bonds is 5. The van der Waals surface area contributed by atoms with E-state index in [0.29, 0.717) is 5.92 Å². The number of halogens is 1. The van der Waals surface area contributed by atoms with Crippen molar-refractivity contribution in [3.8, 4) is 0 Å². The van der Waals surface area contributed by atoms with Crippen molar-refractivity contribution in [1.29, 1.82) is 0 Å². The fourth-order valence-electron chi connectivity index (χ4n) is 4.67. The van der Waals surface area contributed by atoms with Crippen LogP contribution in [-0.2, 0) is 11.3 Å². The first-order valence-electron chi connectivity index (χ1n) is 10.4. The first-order valence-corrected chi connectivity index (χ1v) is 12.3. The van der Waals surface area contributed by atoms with E-state index in [-0.39, 0.29) is 5.97 Å². The summed E-state index contributed by atoms with van der Waals surface area (Å²) in [5, 5.41) is 0. The van der Waals surface area contributed by atoms with Crippen LogP contribution in [0.1, 0.15) is 59.5 Å². The monoisotopic (exact) mass is 522 g/mol. The summed E-state index contributed by atoms with van der Waals surface area (Å²) in [6.07, 6.45) is 9.37. The fourth-order valence-corrected chi connectivity index (χ4v) is 6.47. The molecule has 0 atom stereocenters. The van der Waals surface area contributed by atoms with Gasteiger partial charge in [-0.25, -0.2) is 4.79 Å². The van der Waals surface area contributed by atoms with Crippen molar-refractivity contribution in [1.82, 2.24) is 9.88 Å². The maximum Gasteiger partial charge on any atom is 0.348 e. The lowest BCUT2D eigenvalue weighted by Gasteiger charge is -2.36. The Morgan fingerprint density at radius 3 is 2.86 bits per heavy atom. The molecule has 0 bridgehead atoms. The number of hydrogen-bond acceptors (Lipinski definition) is 5. The summed E-state index contributed by atoms with van der Waals surface area (Å²) < 4.78 is 6.23. The Hall–Kier alpha value is -1.25. The molecule has 3 heterocycles. The number of esters is 1. The highest BCUT2D eigenvalue weighted by Gasteiger charge is 2.30. The van der Waals surface area contributed by atoms with E-state index in [9.17, 15) is 4.79 Å². The zero-order chi connectivity index (χ0) is 20.2. The van der Waals surface area contributed by atoms with Gasteiger partial charge in [0.1, 0.15) is 4.88 Å². The summed E-state index contributed by atoms with van der Waals surface area (Å²) in [6.45, 7) is 2.86. The highest BCUT2D eigenvalue weighted by atomic mass is 127. The van der Waals surface area contributed by atoms with E-state index in [2.05, 4.69) is 50.7 Å². The molecule has 0 amide bonds. The largest absolute Gasteiger partial charge is 0.465 e. The molecular formula is C23H27IN2O2S. The molecular weight excluding hydrogens is 495 g/mol. The molecule has 1 aliphatic heterocycles. The average molecular weight is 522 g/mol. The van der Waals surface area contributed by atoms with Crippen LogP contribution >= 0.6 is 33.9 Å². The van der Waals surface area contributed by atoms with Crippen molar-refractivity contribution in [3.63, 3.8) is 0 Å². The van der Waals surface area contributed by atoms with Crippen LogP contribution in [0, 0.1) is 8.80 Å². The van der Waals surface area contributed by atoms with Gasteiger partial charge in [-0.05, 0) is 77.1 Å². The SMILES string of the molecule is COC(=O)c1sc(I)cc1C1=C(C2CCCCC2)CN(Cc2ccccn2)CC1. The lowest BCUT2D eigenvalue weighted by atomic mass is 9.78. The number of methoxy groups -OCH3 is 1. The van der Waals surface area contributed by atoms with Crippen LogP contribution in [0.2, 0.25) is 0 Å². The van der Waals surface area contributed by atoms with Gasteiger partial charge in [0.05, 0.1) is 15.7 Å². The molecule has 29 heavy (non-hydrogen) atoms. The third-order valence-corrected chi connectivity index (χ3v) is 7.94. The van der Waals surface area contributed by atoms with E-state index < -0.39 is 0 Å². The van der Waals surface area contributed by atoms with Crippen LogP contribution in [-0.4, -0.2) is 36.1 Å². The highest BCUT2D eigenvalue weighted by Crippen LogP contribution is 2.41. The van der Waals surface area contributed by atoms with Gasteiger partial charge in [-0.15, -0.1) is 11.3 Å². The second kappa shape index (κ2) is 9.71. The predicted octanol–water partition coefficient (Wildman–Crippen LogP) is 5.77. The molecule has 0 spiro atoms. The molecule has 1 aliphatic carbocycles. The van der Waals surface area contributed by atoms with E-state index in [1.165, 1.54) is 44.8 Å². The van der Waals surface area contributed by atoms with Crippen molar-refractivity contribution in [2.24, 2.45) is 5.92 Å². The minimum Gasteiger partial charge on any atom is -0.465 e. The summed E-state index contributed by atoms with van der Waals surface area (Å²) in [4.78, 5) is 20.2. The van der Waals surface area contributed by atoms with Gasteiger partial charge in [0.25, 0.3) is 0 Å². The van der Waals surface area contributed by atoms with Gasteiger partial charge in [0.15, 0.2) is 0 Å². The Labute approximate surface area is 190 Å². The number of carbonyl (C=O) groups is 1. The van der Waals surface area contributed by atoms with Gasteiger partial charge < -0.3 is 4.74 Å². The molecule has 1 fully saturated rings. The zero-order valence-corrected chi connectivity index (χ0v) is 19.8. The maximum absolute atomic E-state index is 12.4. The lowest BCUT2D eigenvalue weighted by Crippen LogP contribution is -2.34. The summed E-state index contributed by atoms with van der Waals surface area (Å²) >= 11 is 3.87. The first-order chi connectivity index (χ1) is 14.2. The van der Waals surface area contributed by atoms with E-state index in [0.717, 1.165) is 45.1 Å². The number of thiophene rings is 1. The normalized spacial score (nSPS) is 18.8. The molecule has 0 N–H and O–H groups in total. The summed E-state index contributed by atoms with van der Waals surface area (Å²) in [5.41, 5.74) is 5.18. The highest BCUT2D eigenvalue weighted by molar-refractivity contribution is 14.1. The second-order valence-electron chi connectivity index (χ2n) is 7.91. The average Bonchev–Trinajstić information content (AvgIpc) is 3.16. The molecule has 4 rings (SSSR count). The molecule has 2 aromatic rings. The van der Waals surface area contributed by atoms with E-state index in [1.807, 2.05) is 12.3 Å². The van der Waals surface area contributed by atoms with Crippen LogP contribution in [0.5, 0.6) is 0 Å². The molecule has 0 unspecified atom stereocenters. The Bertz CT molecular complexity index is 888. The smallest absolute Gasteiger partial charge is 0.348 e. The number of nitrogens with zero attached hydrogens (tertiary/aromatic N) is 2. The standard InChI is InChI=1S/C23H27IN2O2S/c1-28-23(27)22-19(13-21(24)29-22)18-10-12-26(14-17-9-5-6-11-25-17)15-20(18)16-7-3-2-4-8-16/h5-6,9,11,13,16H,2-4,7-8,10,12,14-15H2,1H3. The Morgan fingerprint density at radius 2 is 2.14 bits per heavy atom. The Kier molecular flexibility index (Phi) is 7.03. The van der Waals surface area contributed by atoms with Gasteiger partial charge in [0, 0.05) is 31.4 Å². The third-order valence-electron chi connectivity index (χ3n) is 6.07. The van der Waals surface area contributed by atoms with Gasteiger partial charge in [-0.3, -0.25) is 9.88 Å². The van der Waals surface area contributed by atoms with Gasteiger partial charge in [-0.2, -0.15) is 0 Å². The van der Waals surface area contributed by atoms with E-state index >= 15 is 0 Å². The fraction of sp³-hybridized carbons (Fsp3) is 0.478. The van der Waals surface area contributed by atoms with E-state index in [1.54, 1.807) is 16.9 Å². The van der Waals surface area contributed by atoms with E-state index in [4.69, 9.17) is 4.74 Å². The first kappa shape index (κ1) is 21.0. The van der Waals surface area contributed by atoms with Gasteiger partial charge in [0.2, 0.25) is 0 Å². The molecule has 0 aromatic carbocycles. The maximum atomic E-state index is 12.4. The Morgan fingerprint density at radius 1 is 1.31 bits per heavy atom. The van der Waals surface area contributed by atoms with Crippen LogP contribution in [0.15, 0.2) is 36.0 Å². The number of carbonyl (C=O) groups excluding carboxylic acids is 1. The predicted molar refractivity (Wildman–Crippen MR) is 126 cm³/mol. The zero-order valence-electron chi connectivity index (χ0n) is 16.8.